The Bertz CT molecular complexity index is 1350. The molecule has 0 radical (unpaired) electrons. The molecule has 2 heterocycles. The zero-order valence-electron chi connectivity index (χ0n) is 22.2. The Labute approximate surface area is 228 Å². The van der Waals surface area contributed by atoms with E-state index in [9.17, 15) is 14.0 Å². The van der Waals surface area contributed by atoms with Crippen molar-refractivity contribution in [3.05, 3.63) is 101 Å². The molecule has 1 amide bonds. The van der Waals surface area contributed by atoms with Crippen LogP contribution in [0.1, 0.15) is 47.7 Å². The van der Waals surface area contributed by atoms with Crippen LogP contribution in [0.15, 0.2) is 78.6 Å². The number of hydrogen-bond acceptors (Lipinski definition) is 5. The summed E-state index contributed by atoms with van der Waals surface area (Å²) in [5.74, 6) is 0.350. The van der Waals surface area contributed by atoms with E-state index in [4.69, 9.17) is 9.47 Å². The minimum Gasteiger partial charge on any atom is -0.449 e. The number of fused-ring (bicyclic) bond motifs is 1. The molecule has 202 valence electrons. The third kappa shape index (κ3) is 6.44. The van der Waals surface area contributed by atoms with Gasteiger partial charge in [0.25, 0.3) is 5.91 Å². The van der Waals surface area contributed by atoms with Gasteiger partial charge in [0.2, 0.25) is 0 Å². The monoisotopic (exact) mass is 528 g/mol. The van der Waals surface area contributed by atoms with Gasteiger partial charge >= 0.3 is 0 Å². The third-order valence-electron chi connectivity index (χ3n) is 7.27. The van der Waals surface area contributed by atoms with Crippen molar-refractivity contribution in [3.8, 4) is 5.75 Å². The van der Waals surface area contributed by atoms with E-state index in [0.717, 1.165) is 56.8 Å². The molecular formula is C32H33FN2O4. The third-order valence-corrected chi connectivity index (χ3v) is 7.27. The number of allylic oxidation sites excluding steroid dienone is 1. The molecule has 0 unspecified atom stereocenters. The van der Waals surface area contributed by atoms with Crippen molar-refractivity contribution in [2.75, 3.05) is 37.7 Å². The highest BCUT2D eigenvalue weighted by Crippen LogP contribution is 2.38. The van der Waals surface area contributed by atoms with Crippen LogP contribution in [0.3, 0.4) is 0 Å². The highest BCUT2D eigenvalue weighted by atomic mass is 19.1. The van der Waals surface area contributed by atoms with Crippen LogP contribution in [0.2, 0.25) is 0 Å². The smallest absolute Gasteiger partial charge is 0.294 e. The van der Waals surface area contributed by atoms with Crippen LogP contribution < -0.4 is 9.64 Å². The molecule has 7 heteroatoms. The first kappa shape index (κ1) is 26.8. The maximum absolute atomic E-state index is 13.6. The second-order valence-corrected chi connectivity index (χ2v) is 9.95. The molecule has 5 rings (SSSR count). The van der Waals surface area contributed by atoms with Gasteiger partial charge in [-0.3, -0.25) is 19.4 Å². The zero-order chi connectivity index (χ0) is 27.2. The maximum atomic E-state index is 13.6. The fourth-order valence-electron chi connectivity index (χ4n) is 4.95. The van der Waals surface area contributed by atoms with E-state index in [1.807, 2.05) is 55.5 Å². The largest absolute Gasteiger partial charge is 0.449 e. The number of para-hydroxylation sites is 2. The Balaban J connectivity index is 1.28. The number of unbranched alkanes of at least 4 members (excludes halogenated alkanes) is 1. The summed E-state index contributed by atoms with van der Waals surface area (Å²) >= 11 is 0. The van der Waals surface area contributed by atoms with Gasteiger partial charge in [-0.2, -0.15) is 0 Å². The van der Waals surface area contributed by atoms with Gasteiger partial charge in [-0.25, -0.2) is 4.39 Å². The number of benzene rings is 3. The van der Waals surface area contributed by atoms with Crippen LogP contribution in [-0.4, -0.2) is 49.4 Å². The lowest BCUT2D eigenvalue weighted by molar-refractivity contribution is -0.117. The van der Waals surface area contributed by atoms with Crippen molar-refractivity contribution >= 4 is 23.0 Å². The Hall–Kier alpha value is -3.81. The minimum atomic E-state index is -0.321. The Morgan fingerprint density at radius 2 is 1.59 bits per heavy atom. The second kappa shape index (κ2) is 12.4. The molecule has 6 nitrogen and oxygen atoms in total. The molecule has 2 aliphatic rings. The number of nitrogens with zero attached hydrogens (tertiary/aromatic N) is 2. The van der Waals surface area contributed by atoms with Crippen molar-refractivity contribution in [2.24, 2.45) is 0 Å². The zero-order valence-corrected chi connectivity index (χ0v) is 22.2. The van der Waals surface area contributed by atoms with Crippen molar-refractivity contribution in [1.82, 2.24) is 4.90 Å². The molecule has 1 saturated heterocycles. The number of carbonyl (C=O) groups excluding carboxylic acids is 2. The lowest BCUT2D eigenvalue weighted by Gasteiger charge is -2.31. The average Bonchev–Trinajstić information content (AvgIpc) is 2.98. The van der Waals surface area contributed by atoms with Crippen molar-refractivity contribution in [1.29, 1.82) is 0 Å². The van der Waals surface area contributed by atoms with E-state index in [-0.39, 0.29) is 29.8 Å². The lowest BCUT2D eigenvalue weighted by atomic mass is 9.99. The van der Waals surface area contributed by atoms with Gasteiger partial charge in [-0.05, 0) is 61.7 Å². The van der Waals surface area contributed by atoms with Crippen molar-refractivity contribution < 1.29 is 23.5 Å². The summed E-state index contributed by atoms with van der Waals surface area (Å²) in [7, 11) is 0. The Morgan fingerprint density at radius 1 is 0.897 bits per heavy atom. The van der Waals surface area contributed by atoms with Crippen LogP contribution in [-0.2, 0) is 16.1 Å². The molecule has 0 atom stereocenters. The normalized spacial score (nSPS) is 17.0. The minimum absolute atomic E-state index is 0.123. The van der Waals surface area contributed by atoms with Crippen LogP contribution >= 0.6 is 0 Å². The topological polar surface area (TPSA) is 59.1 Å². The number of ether oxygens (including phenoxy) is 2. The highest BCUT2D eigenvalue weighted by molar-refractivity contribution is 6.11. The summed E-state index contributed by atoms with van der Waals surface area (Å²) in [5.41, 5.74) is 3.64. The molecule has 0 saturated carbocycles. The lowest BCUT2D eigenvalue weighted by Crippen LogP contribution is -2.37. The second-order valence-electron chi connectivity index (χ2n) is 9.95. The number of rotatable bonds is 9. The summed E-state index contributed by atoms with van der Waals surface area (Å²) in [4.78, 5) is 30.4. The number of anilines is 1. The molecule has 0 aliphatic carbocycles. The summed E-state index contributed by atoms with van der Waals surface area (Å²) in [6.45, 7) is 6.64. The standard InChI is InChI=1S/C32H33FN2O4/c1-23(25-11-13-26(14-12-25)29(36)7-4-5-17-34-18-20-38-21-19-34)31-32(37)35(22-24-9-15-27(33)16-10-24)28-6-2-3-8-30(28)39-31/h2-3,6,8-16H,4-5,7,17-22H2,1H3/b31-23-. The molecule has 0 aromatic heterocycles. The van der Waals surface area contributed by atoms with Crippen molar-refractivity contribution in [3.63, 3.8) is 0 Å². The first-order chi connectivity index (χ1) is 19.0. The van der Waals surface area contributed by atoms with E-state index in [1.165, 1.54) is 12.1 Å². The molecule has 1 fully saturated rings. The molecule has 3 aromatic carbocycles. The number of ketones is 1. The quantitative estimate of drug-likeness (QED) is 0.198. The molecule has 0 N–H and O–H groups in total. The fourth-order valence-corrected chi connectivity index (χ4v) is 4.95. The summed E-state index contributed by atoms with van der Waals surface area (Å²) in [6.07, 6.45) is 2.36. The predicted molar refractivity (Wildman–Crippen MR) is 149 cm³/mol. The Morgan fingerprint density at radius 3 is 2.33 bits per heavy atom. The van der Waals surface area contributed by atoms with Gasteiger partial charge in [-0.1, -0.05) is 48.5 Å². The first-order valence-corrected chi connectivity index (χ1v) is 13.5. The van der Waals surface area contributed by atoms with E-state index in [2.05, 4.69) is 4.90 Å². The van der Waals surface area contributed by atoms with E-state index in [1.54, 1.807) is 17.0 Å². The van der Waals surface area contributed by atoms with Crippen LogP contribution in [0.25, 0.3) is 5.57 Å². The molecule has 39 heavy (non-hydrogen) atoms. The molecule has 3 aromatic rings. The maximum Gasteiger partial charge on any atom is 0.294 e. The first-order valence-electron chi connectivity index (χ1n) is 13.5. The number of hydrogen-bond donors (Lipinski definition) is 0. The van der Waals surface area contributed by atoms with Gasteiger partial charge in [0, 0.05) is 30.6 Å². The van der Waals surface area contributed by atoms with Crippen LogP contribution in [0, 0.1) is 5.82 Å². The van der Waals surface area contributed by atoms with Gasteiger partial charge in [0.15, 0.2) is 17.3 Å². The molecule has 2 aliphatic heterocycles. The van der Waals surface area contributed by atoms with E-state index < -0.39 is 0 Å². The Kier molecular flexibility index (Phi) is 8.49. The number of amides is 1. The van der Waals surface area contributed by atoms with E-state index >= 15 is 0 Å². The van der Waals surface area contributed by atoms with Gasteiger partial charge in [-0.15, -0.1) is 0 Å². The SMILES string of the molecule is C/C(=C1/Oc2ccccc2N(Cc2ccc(F)cc2)C1=O)c1ccc(C(=O)CCCCN2CCOCC2)cc1. The van der Waals surface area contributed by atoms with Gasteiger partial charge < -0.3 is 9.47 Å². The van der Waals surface area contributed by atoms with E-state index in [0.29, 0.717) is 29.0 Å². The van der Waals surface area contributed by atoms with Gasteiger partial charge in [0.1, 0.15) is 5.82 Å². The van der Waals surface area contributed by atoms with Crippen LogP contribution in [0.4, 0.5) is 10.1 Å². The summed E-state index contributed by atoms with van der Waals surface area (Å²) < 4.78 is 24.9. The van der Waals surface area contributed by atoms with Gasteiger partial charge in [0.05, 0.1) is 25.4 Å². The number of carbonyl (C=O) groups is 2. The van der Waals surface area contributed by atoms with Crippen molar-refractivity contribution in [2.45, 2.75) is 32.7 Å². The summed E-state index contributed by atoms with van der Waals surface area (Å²) in [6, 6.07) is 20.9. The molecule has 0 spiro atoms. The molecular weight excluding hydrogens is 495 g/mol. The van der Waals surface area contributed by atoms with Crippen LogP contribution in [0.5, 0.6) is 5.75 Å². The number of morpholine rings is 1. The fraction of sp³-hybridized carbons (Fsp3) is 0.312. The summed E-state index contributed by atoms with van der Waals surface area (Å²) in [5, 5.41) is 0. The molecule has 0 bridgehead atoms. The number of Topliss-reactive ketones (excluding diaryl/α,β-unsaturated/α-hetero) is 1. The predicted octanol–water partition coefficient (Wildman–Crippen LogP) is 5.87. The average molecular weight is 529 g/mol. The number of halogens is 1. The highest BCUT2D eigenvalue weighted by Gasteiger charge is 2.32.